The lowest BCUT2D eigenvalue weighted by molar-refractivity contribution is 0.104. The summed E-state index contributed by atoms with van der Waals surface area (Å²) >= 11 is 0. The van der Waals surface area contributed by atoms with Crippen LogP contribution in [0.1, 0.15) is 20.7 Å². The van der Waals surface area contributed by atoms with Crippen molar-refractivity contribution in [3.8, 4) is 23.3 Å². The van der Waals surface area contributed by atoms with Gasteiger partial charge in [0.2, 0.25) is 0 Å². The van der Waals surface area contributed by atoms with E-state index in [9.17, 15) is 20.1 Å². The predicted molar refractivity (Wildman–Crippen MR) is 107 cm³/mol. The van der Waals surface area contributed by atoms with E-state index in [1.807, 2.05) is 48.5 Å². The van der Waals surface area contributed by atoms with Crippen LogP contribution in [0.2, 0.25) is 0 Å². The summed E-state index contributed by atoms with van der Waals surface area (Å²) in [4.78, 5) is 24.7. The van der Waals surface area contributed by atoms with Crippen LogP contribution >= 0.6 is 0 Å². The maximum atomic E-state index is 12.4. The van der Waals surface area contributed by atoms with Crippen LogP contribution in [0.25, 0.3) is 32.7 Å². The van der Waals surface area contributed by atoms with E-state index in [1.165, 1.54) is 0 Å². The Morgan fingerprint density at radius 2 is 0.893 bits per heavy atom. The fraction of sp³-hybridized carbons (Fsp3) is 0. The number of fused-ring (bicyclic) bond motifs is 2. The second-order valence-electron chi connectivity index (χ2n) is 6.37. The van der Waals surface area contributed by atoms with Crippen molar-refractivity contribution in [2.75, 3.05) is 0 Å². The average molecular weight is 360 g/mol. The van der Waals surface area contributed by atoms with Gasteiger partial charge in [-0.1, -0.05) is 48.5 Å². The lowest BCUT2D eigenvalue weighted by atomic mass is 9.88. The first-order valence-electron chi connectivity index (χ1n) is 8.57. The van der Waals surface area contributed by atoms with Crippen LogP contribution in [0.15, 0.2) is 72.8 Å². The lowest BCUT2D eigenvalue weighted by Gasteiger charge is -2.13. The van der Waals surface area contributed by atoms with Crippen LogP contribution in [0.4, 0.5) is 0 Å². The monoisotopic (exact) mass is 360 g/mol. The second-order valence-corrected chi connectivity index (χ2v) is 6.37. The molecule has 4 nitrogen and oxygen atoms in total. The van der Waals surface area contributed by atoms with Crippen molar-refractivity contribution in [2.24, 2.45) is 0 Å². The van der Waals surface area contributed by atoms with E-state index < -0.39 is 11.6 Å². The molecule has 4 heteroatoms. The molecule has 4 rings (SSSR count). The number of Topliss-reactive ketones (excluding diaryl/α,β-unsaturated/α-hetero) is 2. The van der Waals surface area contributed by atoms with Crippen molar-refractivity contribution in [1.29, 1.82) is 10.5 Å². The van der Waals surface area contributed by atoms with Gasteiger partial charge in [-0.05, 0) is 56.9 Å². The number of hydrogen-bond acceptors (Lipinski definition) is 4. The maximum absolute atomic E-state index is 12.4. The van der Waals surface area contributed by atoms with Gasteiger partial charge in [0, 0.05) is 11.1 Å². The van der Waals surface area contributed by atoms with Gasteiger partial charge in [-0.2, -0.15) is 10.5 Å². The van der Waals surface area contributed by atoms with E-state index in [-0.39, 0.29) is 11.1 Å². The van der Waals surface area contributed by atoms with E-state index in [1.54, 1.807) is 36.4 Å². The van der Waals surface area contributed by atoms with Crippen molar-refractivity contribution in [1.82, 2.24) is 0 Å². The molecule has 0 aromatic heterocycles. The van der Waals surface area contributed by atoms with Gasteiger partial charge in [-0.3, -0.25) is 9.59 Å². The van der Waals surface area contributed by atoms with Gasteiger partial charge < -0.3 is 0 Å². The molecule has 0 saturated heterocycles. The van der Waals surface area contributed by atoms with E-state index in [0.29, 0.717) is 11.1 Å². The second kappa shape index (κ2) is 6.79. The zero-order valence-corrected chi connectivity index (χ0v) is 14.6. The highest BCUT2D eigenvalue weighted by Crippen LogP contribution is 2.34. The molecule has 0 aliphatic rings. The minimum Gasteiger partial charge on any atom is -0.277 e. The smallest absolute Gasteiger partial charge is 0.262 e. The van der Waals surface area contributed by atoms with Gasteiger partial charge in [-0.25, -0.2) is 0 Å². The summed E-state index contributed by atoms with van der Waals surface area (Å²) in [5, 5.41) is 21.8. The highest BCUT2D eigenvalue weighted by atomic mass is 16.1. The van der Waals surface area contributed by atoms with E-state index in [2.05, 4.69) is 0 Å². The molecule has 0 atom stereocenters. The Morgan fingerprint density at radius 3 is 1.21 bits per heavy atom. The molecule has 0 spiro atoms. The molecular weight excluding hydrogens is 348 g/mol. The molecule has 28 heavy (non-hydrogen) atoms. The minimum atomic E-state index is -0.690. The Morgan fingerprint density at radius 1 is 0.571 bits per heavy atom. The molecule has 0 N–H and O–H groups in total. The quantitative estimate of drug-likeness (QED) is 0.377. The Balaban J connectivity index is 2.13. The third-order valence-electron chi connectivity index (χ3n) is 4.75. The van der Waals surface area contributed by atoms with Crippen molar-refractivity contribution in [2.45, 2.75) is 0 Å². The molecule has 130 valence electrons. The van der Waals surface area contributed by atoms with Crippen LogP contribution in [-0.4, -0.2) is 11.6 Å². The van der Waals surface area contributed by atoms with Crippen molar-refractivity contribution < 1.29 is 9.59 Å². The fourth-order valence-corrected chi connectivity index (χ4v) is 3.42. The number of rotatable bonds is 3. The standard InChI is InChI=1S/C24H12N2O2/c25-13-23(27)21-11-17-7-3-1-5-15(17)9-19(21)20-10-16-6-2-4-8-18(16)12-22(20)24(28)14-26/h1-12H. The highest BCUT2D eigenvalue weighted by Gasteiger charge is 2.20. The summed E-state index contributed by atoms with van der Waals surface area (Å²) in [6, 6.07) is 25.2. The normalized spacial score (nSPS) is 10.4. The maximum Gasteiger partial charge on any atom is 0.262 e. The van der Waals surface area contributed by atoms with Crippen LogP contribution < -0.4 is 0 Å². The zero-order chi connectivity index (χ0) is 19.7. The molecule has 0 fully saturated rings. The van der Waals surface area contributed by atoms with Crippen molar-refractivity contribution in [3.05, 3.63) is 83.9 Å². The van der Waals surface area contributed by atoms with Gasteiger partial charge in [0.15, 0.2) is 0 Å². The molecule has 0 saturated carbocycles. The zero-order valence-electron chi connectivity index (χ0n) is 14.6. The summed E-state index contributed by atoms with van der Waals surface area (Å²) in [6.07, 6.45) is 0. The van der Waals surface area contributed by atoms with Crippen molar-refractivity contribution in [3.63, 3.8) is 0 Å². The number of nitriles is 2. The summed E-state index contributed by atoms with van der Waals surface area (Å²) < 4.78 is 0. The number of carbonyl (C=O) groups is 2. The Bertz CT molecular complexity index is 1260. The SMILES string of the molecule is N#CC(=O)c1cc2ccccc2cc1-c1cc2ccccc2cc1C(=O)C#N. The molecule has 0 unspecified atom stereocenters. The first kappa shape index (κ1) is 17.1. The first-order chi connectivity index (χ1) is 13.6. The Kier molecular flexibility index (Phi) is 4.16. The van der Waals surface area contributed by atoms with Crippen LogP contribution in [0, 0.1) is 22.7 Å². The third-order valence-corrected chi connectivity index (χ3v) is 4.75. The number of carbonyl (C=O) groups excluding carboxylic acids is 2. The third kappa shape index (κ3) is 2.80. The number of hydrogen-bond donors (Lipinski definition) is 0. The Labute approximate surface area is 160 Å². The van der Waals surface area contributed by atoms with E-state index in [0.717, 1.165) is 21.5 Å². The predicted octanol–water partition coefficient (Wildman–Crippen LogP) is 5.07. The molecule has 0 aliphatic carbocycles. The number of nitrogens with zero attached hydrogens (tertiary/aromatic N) is 2. The van der Waals surface area contributed by atoms with Crippen LogP contribution in [-0.2, 0) is 0 Å². The van der Waals surface area contributed by atoms with Gasteiger partial charge in [0.1, 0.15) is 12.1 Å². The fourth-order valence-electron chi connectivity index (χ4n) is 3.42. The largest absolute Gasteiger partial charge is 0.277 e. The molecular formula is C24H12N2O2. The van der Waals surface area contributed by atoms with E-state index >= 15 is 0 Å². The molecule has 0 amide bonds. The summed E-state index contributed by atoms with van der Waals surface area (Å²) in [5.41, 5.74) is 1.36. The number of benzene rings is 4. The topological polar surface area (TPSA) is 81.7 Å². The molecule has 0 bridgehead atoms. The van der Waals surface area contributed by atoms with Crippen molar-refractivity contribution >= 4 is 33.1 Å². The molecule has 0 heterocycles. The van der Waals surface area contributed by atoms with Gasteiger partial charge in [0.05, 0.1) is 0 Å². The summed E-state index contributed by atoms with van der Waals surface area (Å²) in [5.74, 6) is -1.38. The average Bonchev–Trinajstić information content (AvgIpc) is 2.76. The first-order valence-corrected chi connectivity index (χ1v) is 8.57. The van der Waals surface area contributed by atoms with Gasteiger partial charge >= 0.3 is 0 Å². The molecule has 4 aromatic rings. The van der Waals surface area contributed by atoms with Gasteiger partial charge in [-0.15, -0.1) is 0 Å². The summed E-state index contributed by atoms with van der Waals surface area (Å²) in [7, 11) is 0. The van der Waals surface area contributed by atoms with Crippen LogP contribution in [0.5, 0.6) is 0 Å². The minimum absolute atomic E-state index is 0.212. The van der Waals surface area contributed by atoms with Crippen LogP contribution in [0.3, 0.4) is 0 Å². The molecule has 0 aliphatic heterocycles. The summed E-state index contributed by atoms with van der Waals surface area (Å²) in [6.45, 7) is 0. The number of ketones is 2. The van der Waals surface area contributed by atoms with Gasteiger partial charge in [0.25, 0.3) is 11.6 Å². The molecule has 4 aromatic carbocycles. The Hall–Kier alpha value is -4.28. The highest BCUT2D eigenvalue weighted by molar-refractivity contribution is 6.18. The molecule has 0 radical (unpaired) electrons. The van der Waals surface area contributed by atoms with E-state index in [4.69, 9.17) is 0 Å². The lowest BCUT2D eigenvalue weighted by Crippen LogP contribution is -2.03.